The smallest absolute Gasteiger partial charge is 1.00 e. The fourth-order valence-corrected chi connectivity index (χ4v) is 9.32. The Labute approximate surface area is 178 Å². The van der Waals surface area contributed by atoms with E-state index in [1.807, 2.05) is 6.56 Å². The zero-order valence-corrected chi connectivity index (χ0v) is 19.5. The first-order valence-electron chi connectivity index (χ1n) is 9.77. The number of halogens is 2. The number of allylic oxidation sites excluding steroid dienone is 8. The van der Waals surface area contributed by atoms with Gasteiger partial charge in [0.05, 0.1) is 0 Å². The van der Waals surface area contributed by atoms with Crippen molar-refractivity contribution in [2.24, 2.45) is 23.7 Å². The van der Waals surface area contributed by atoms with Crippen LogP contribution < -0.4 is 24.8 Å². The van der Waals surface area contributed by atoms with Crippen molar-refractivity contribution < 1.29 is 48.0 Å². The van der Waals surface area contributed by atoms with Crippen molar-refractivity contribution in [1.29, 1.82) is 0 Å². The van der Waals surface area contributed by atoms with Gasteiger partial charge in [-0.2, -0.15) is 0 Å². The summed E-state index contributed by atoms with van der Waals surface area (Å²) < 4.78 is 3.85. The van der Waals surface area contributed by atoms with Crippen molar-refractivity contribution in [3.8, 4) is 0 Å². The maximum atomic E-state index is 2.51. The molecule has 0 aromatic heterocycles. The summed E-state index contributed by atoms with van der Waals surface area (Å²) in [5, 5.41) is 0. The van der Waals surface area contributed by atoms with E-state index in [4.69, 9.17) is 0 Å². The van der Waals surface area contributed by atoms with Crippen LogP contribution in [0.5, 0.6) is 0 Å². The van der Waals surface area contributed by atoms with Crippen LogP contribution in [0, 0.1) is 23.7 Å². The van der Waals surface area contributed by atoms with Crippen molar-refractivity contribution in [1.82, 2.24) is 0 Å². The summed E-state index contributed by atoms with van der Waals surface area (Å²) in [4.78, 5) is 0. The SMILES string of the molecule is CC1CCC(C2=[C]([Zr+2][C]3=C(C4CCC(C)C4)C=CC3)CC=C2)C1.[Cl-].[Cl-]. The maximum absolute atomic E-state index is 2.51. The van der Waals surface area contributed by atoms with E-state index in [0.717, 1.165) is 23.7 Å². The monoisotopic (exact) mass is 454 g/mol. The van der Waals surface area contributed by atoms with Crippen LogP contribution in [0.1, 0.15) is 65.2 Å². The third-order valence-corrected chi connectivity index (χ3v) is 10.4. The molecule has 4 atom stereocenters. The molecule has 136 valence electrons. The largest absolute Gasteiger partial charge is 1.00 e. The van der Waals surface area contributed by atoms with Gasteiger partial charge in [0.25, 0.3) is 0 Å². The van der Waals surface area contributed by atoms with Crippen LogP contribution >= 0.6 is 0 Å². The van der Waals surface area contributed by atoms with Gasteiger partial charge in [-0.1, -0.05) is 0 Å². The van der Waals surface area contributed by atoms with E-state index in [0.29, 0.717) is 0 Å². The Morgan fingerprint density at radius 3 is 1.52 bits per heavy atom. The van der Waals surface area contributed by atoms with Crippen LogP contribution in [0.15, 0.2) is 42.0 Å². The van der Waals surface area contributed by atoms with Crippen LogP contribution in [0.3, 0.4) is 0 Å². The summed E-state index contributed by atoms with van der Waals surface area (Å²) in [5.41, 5.74) is 3.61. The predicted octanol–water partition coefficient (Wildman–Crippen LogP) is 0.377. The van der Waals surface area contributed by atoms with Crippen molar-refractivity contribution in [2.75, 3.05) is 0 Å². The van der Waals surface area contributed by atoms with Gasteiger partial charge in [-0.25, -0.2) is 0 Å². The fourth-order valence-electron chi connectivity index (χ4n) is 5.22. The molecule has 0 saturated heterocycles. The standard InChI is InChI=1S/2C11H15.2ClH.Zr/c2*1-9-6-7-11(8-9)10-4-2-3-5-10;;;/h2*2,4,9,11H,3,6-8H2,1H3;2*1H;/q;;;;+2/p-2. The Hall–Kier alpha value is 0.423. The summed E-state index contributed by atoms with van der Waals surface area (Å²) in [6, 6.07) is 0. The molecule has 0 radical (unpaired) electrons. The second-order valence-corrected chi connectivity index (χ2v) is 12.0. The number of hydrogen-bond acceptors (Lipinski definition) is 0. The average Bonchev–Trinajstić information content (AvgIpc) is 3.27. The summed E-state index contributed by atoms with van der Waals surface area (Å²) in [6.45, 7) is 4.89. The molecule has 0 amide bonds. The molecule has 0 spiro atoms. The second-order valence-electron chi connectivity index (χ2n) is 8.44. The molecule has 2 fully saturated rings. The number of rotatable bonds is 4. The van der Waals surface area contributed by atoms with E-state index < -0.39 is 23.2 Å². The van der Waals surface area contributed by atoms with Gasteiger partial charge in [-0.15, -0.1) is 0 Å². The molecule has 0 bridgehead atoms. The minimum atomic E-state index is -0.525. The van der Waals surface area contributed by atoms with Gasteiger partial charge >= 0.3 is 154 Å². The van der Waals surface area contributed by atoms with Gasteiger partial charge in [0.2, 0.25) is 0 Å². The van der Waals surface area contributed by atoms with Crippen LogP contribution in [-0.2, 0) is 23.2 Å². The van der Waals surface area contributed by atoms with Crippen molar-refractivity contribution in [2.45, 2.75) is 65.2 Å². The molecule has 4 aliphatic rings. The molecule has 0 N–H and O–H groups in total. The third-order valence-electron chi connectivity index (χ3n) is 6.51. The molecule has 0 nitrogen and oxygen atoms in total. The van der Waals surface area contributed by atoms with E-state index in [1.165, 1.54) is 51.4 Å². The van der Waals surface area contributed by atoms with Crippen molar-refractivity contribution in [3.05, 3.63) is 42.0 Å². The van der Waals surface area contributed by atoms with Gasteiger partial charge in [0.15, 0.2) is 0 Å². The maximum Gasteiger partial charge on any atom is -1.00 e. The van der Waals surface area contributed by atoms with E-state index in [2.05, 4.69) is 38.2 Å². The molecule has 0 aromatic carbocycles. The first-order valence-corrected chi connectivity index (χ1v) is 12.2. The van der Waals surface area contributed by atoms with Crippen LogP contribution in [-0.4, -0.2) is 0 Å². The van der Waals surface area contributed by atoms with Gasteiger partial charge < -0.3 is 24.8 Å². The zero-order valence-electron chi connectivity index (χ0n) is 15.5. The molecular weight excluding hydrogens is 426 g/mol. The van der Waals surface area contributed by atoms with Gasteiger partial charge in [0, 0.05) is 0 Å². The van der Waals surface area contributed by atoms with Gasteiger partial charge in [-0.05, 0) is 0 Å². The summed E-state index contributed by atoms with van der Waals surface area (Å²) in [6.07, 6.45) is 21.3. The first kappa shape index (κ1) is 21.7. The average molecular weight is 457 g/mol. The Balaban J connectivity index is 0.00000113. The molecule has 0 aromatic rings. The van der Waals surface area contributed by atoms with Crippen LogP contribution in [0.2, 0.25) is 0 Å². The summed E-state index contributed by atoms with van der Waals surface area (Å²) in [5.74, 6) is 3.72. The first-order chi connectivity index (χ1) is 11.2. The Morgan fingerprint density at radius 1 is 0.720 bits per heavy atom. The van der Waals surface area contributed by atoms with Crippen molar-refractivity contribution >= 4 is 0 Å². The molecular formula is C22H30Cl2Zr. The quantitative estimate of drug-likeness (QED) is 0.574. The molecule has 2 saturated carbocycles. The summed E-state index contributed by atoms with van der Waals surface area (Å²) in [7, 11) is 0. The molecule has 0 aliphatic heterocycles. The number of hydrogen-bond donors (Lipinski definition) is 0. The minimum Gasteiger partial charge on any atom is -1.00 e. The van der Waals surface area contributed by atoms with E-state index in [9.17, 15) is 0 Å². The van der Waals surface area contributed by atoms with Crippen LogP contribution in [0.4, 0.5) is 0 Å². The molecule has 25 heavy (non-hydrogen) atoms. The topological polar surface area (TPSA) is 0 Å². The Morgan fingerprint density at radius 2 is 1.16 bits per heavy atom. The Kier molecular flexibility index (Phi) is 8.31. The minimum absolute atomic E-state index is 0. The normalized spacial score (nSPS) is 33.7. The Bertz CT molecular complexity index is 547. The fraction of sp³-hybridized carbons (Fsp3) is 0.636. The van der Waals surface area contributed by atoms with Crippen LogP contribution in [0.25, 0.3) is 0 Å². The molecule has 3 heteroatoms. The van der Waals surface area contributed by atoms with E-state index in [1.54, 1.807) is 11.1 Å². The molecule has 4 unspecified atom stereocenters. The molecule has 4 rings (SSSR count). The predicted molar refractivity (Wildman–Crippen MR) is 94.6 cm³/mol. The molecule has 4 aliphatic carbocycles. The van der Waals surface area contributed by atoms with E-state index >= 15 is 0 Å². The zero-order chi connectivity index (χ0) is 15.8. The van der Waals surface area contributed by atoms with Gasteiger partial charge in [-0.3, -0.25) is 0 Å². The van der Waals surface area contributed by atoms with Gasteiger partial charge in [0.1, 0.15) is 0 Å². The summed E-state index contributed by atoms with van der Waals surface area (Å²) >= 11 is -0.525. The second kappa shape index (κ2) is 9.57. The third kappa shape index (κ3) is 4.83. The molecule has 0 heterocycles. The van der Waals surface area contributed by atoms with E-state index in [-0.39, 0.29) is 24.8 Å². The van der Waals surface area contributed by atoms with Crippen molar-refractivity contribution in [3.63, 3.8) is 0 Å².